The van der Waals surface area contributed by atoms with Crippen LogP contribution >= 0.6 is 0 Å². The average Bonchev–Trinajstić information content (AvgIpc) is 3.56. The van der Waals surface area contributed by atoms with E-state index >= 15 is 0 Å². The molecule has 0 bridgehead atoms. The van der Waals surface area contributed by atoms with E-state index < -0.39 is 29.9 Å². The van der Waals surface area contributed by atoms with Crippen LogP contribution in [0.1, 0.15) is 74.7 Å². The molecule has 3 N–H and O–H groups in total. The van der Waals surface area contributed by atoms with Crippen molar-refractivity contribution in [2.24, 2.45) is 0 Å². The van der Waals surface area contributed by atoms with Crippen LogP contribution in [-0.2, 0) is 41.6 Å². The van der Waals surface area contributed by atoms with Crippen LogP contribution in [0.2, 0.25) is 0 Å². The zero-order chi connectivity index (χ0) is 35.0. The number of amides is 2. The predicted molar refractivity (Wildman–Crippen MR) is 183 cm³/mol. The number of benzene rings is 3. The molecule has 3 aromatic rings. The predicted octanol–water partition coefficient (Wildman–Crippen LogP) is 5.44. The summed E-state index contributed by atoms with van der Waals surface area (Å²) in [4.78, 5) is 40.5. The summed E-state index contributed by atoms with van der Waals surface area (Å²) < 4.78 is 23.6. The van der Waals surface area contributed by atoms with Crippen LogP contribution in [0.3, 0.4) is 0 Å². The third-order valence-electron chi connectivity index (χ3n) is 8.61. The molecule has 5 atom stereocenters. The summed E-state index contributed by atoms with van der Waals surface area (Å²) in [7, 11) is 1.29. The SMILES string of the molecule is COC(=O)[C@H](Cc1ccccc1)NC(=O)Nc1ccc([C@H]2O[C@@H](CN3CCC[C@H]3C(=O)OC(C)(C)C)C[C@@H](c3ccc(CO)cc3)O2)cc1. The third kappa shape index (κ3) is 10.1. The number of methoxy groups -OCH3 is 1. The molecule has 2 amide bonds. The first-order chi connectivity index (χ1) is 23.5. The number of hydrogen-bond acceptors (Lipinski definition) is 9. The van der Waals surface area contributed by atoms with E-state index in [9.17, 15) is 19.5 Å². The van der Waals surface area contributed by atoms with Gasteiger partial charge in [-0.1, -0.05) is 66.7 Å². The molecule has 0 radical (unpaired) electrons. The number of rotatable bonds is 11. The number of nitrogens with one attached hydrogen (secondary N) is 2. The van der Waals surface area contributed by atoms with Gasteiger partial charge >= 0.3 is 18.0 Å². The van der Waals surface area contributed by atoms with Crippen LogP contribution in [0.15, 0.2) is 78.9 Å². The molecule has 2 saturated heterocycles. The third-order valence-corrected chi connectivity index (χ3v) is 8.61. The molecule has 0 saturated carbocycles. The van der Waals surface area contributed by atoms with Gasteiger partial charge in [-0.25, -0.2) is 9.59 Å². The first-order valence-electron chi connectivity index (χ1n) is 16.8. The van der Waals surface area contributed by atoms with E-state index in [1.165, 1.54) is 7.11 Å². The minimum absolute atomic E-state index is 0.0457. The van der Waals surface area contributed by atoms with E-state index in [0.29, 0.717) is 18.7 Å². The number of esters is 2. The quantitative estimate of drug-likeness (QED) is 0.228. The maximum atomic E-state index is 13.0. The van der Waals surface area contributed by atoms with Crippen LogP contribution in [0.5, 0.6) is 0 Å². The summed E-state index contributed by atoms with van der Waals surface area (Å²) in [6, 6.07) is 22.5. The van der Waals surface area contributed by atoms with E-state index in [1.54, 1.807) is 12.1 Å². The number of urea groups is 1. The molecule has 0 spiro atoms. The van der Waals surface area contributed by atoms with Gasteiger partial charge in [0.2, 0.25) is 0 Å². The largest absolute Gasteiger partial charge is 0.467 e. The number of carbonyl (C=O) groups is 3. The van der Waals surface area contributed by atoms with Gasteiger partial charge in [0, 0.05) is 30.6 Å². The number of nitrogens with zero attached hydrogens (tertiary/aromatic N) is 1. The summed E-state index contributed by atoms with van der Waals surface area (Å²) in [5, 5.41) is 15.0. The molecular formula is C38H47N3O8. The monoisotopic (exact) mass is 673 g/mol. The Morgan fingerprint density at radius 3 is 2.29 bits per heavy atom. The highest BCUT2D eigenvalue weighted by molar-refractivity contribution is 5.92. The molecule has 5 rings (SSSR count). The Bertz CT molecular complexity index is 1540. The van der Waals surface area contributed by atoms with Crippen molar-refractivity contribution in [3.05, 3.63) is 101 Å². The Kier molecular flexibility index (Phi) is 12.1. The number of anilines is 1. The van der Waals surface area contributed by atoms with E-state index in [2.05, 4.69) is 15.5 Å². The van der Waals surface area contributed by atoms with Crippen molar-refractivity contribution >= 4 is 23.7 Å². The maximum absolute atomic E-state index is 13.0. The molecule has 2 aliphatic heterocycles. The van der Waals surface area contributed by atoms with Gasteiger partial charge in [-0.05, 0) is 69.0 Å². The molecule has 0 aromatic heterocycles. The second kappa shape index (κ2) is 16.4. The van der Waals surface area contributed by atoms with Gasteiger partial charge in [0.1, 0.15) is 17.7 Å². The smallest absolute Gasteiger partial charge is 0.328 e. The molecule has 2 heterocycles. The lowest BCUT2D eigenvalue weighted by atomic mass is 9.99. The fraction of sp³-hybridized carbons (Fsp3) is 0.447. The normalized spacial score (nSPS) is 21.8. The van der Waals surface area contributed by atoms with Crippen LogP contribution in [0.25, 0.3) is 0 Å². The Hall–Kier alpha value is -4.29. The van der Waals surface area contributed by atoms with E-state index in [-0.39, 0.29) is 37.2 Å². The molecule has 3 aromatic carbocycles. The number of ether oxygens (including phenoxy) is 4. The van der Waals surface area contributed by atoms with Gasteiger partial charge in [0.05, 0.1) is 25.9 Å². The molecule has 11 nitrogen and oxygen atoms in total. The Labute approximate surface area is 287 Å². The van der Waals surface area contributed by atoms with E-state index in [4.69, 9.17) is 18.9 Å². The second-order valence-corrected chi connectivity index (χ2v) is 13.5. The summed E-state index contributed by atoms with van der Waals surface area (Å²) in [5.41, 5.74) is 3.38. The summed E-state index contributed by atoms with van der Waals surface area (Å²) in [6.07, 6.45) is 1.27. The molecule has 0 aliphatic carbocycles. The van der Waals surface area contributed by atoms with Gasteiger partial charge in [-0.3, -0.25) is 9.69 Å². The highest BCUT2D eigenvalue weighted by Crippen LogP contribution is 2.39. The van der Waals surface area contributed by atoms with Gasteiger partial charge in [-0.2, -0.15) is 0 Å². The van der Waals surface area contributed by atoms with Crippen LogP contribution < -0.4 is 10.6 Å². The zero-order valence-corrected chi connectivity index (χ0v) is 28.6. The fourth-order valence-electron chi connectivity index (χ4n) is 6.21. The standard InChI is InChI=1S/C38H47N3O8/c1-38(2,3)49-35(44)32-11-8-20-41(32)23-30-22-33(27-14-12-26(24-42)13-15-27)48-36(47-30)28-16-18-29(19-17-28)39-37(45)40-31(34(43)46-4)21-25-9-6-5-7-10-25/h5-7,9-10,12-19,30-33,36,42H,8,11,20-24H2,1-4H3,(H2,39,40,45)/t30-,31+,32+,33+,36+/m1/s1. The number of hydrogen-bond donors (Lipinski definition) is 3. The molecule has 262 valence electrons. The maximum Gasteiger partial charge on any atom is 0.328 e. The Morgan fingerprint density at radius 2 is 1.63 bits per heavy atom. The molecule has 2 aliphatic rings. The topological polar surface area (TPSA) is 136 Å². The van der Waals surface area contributed by atoms with Crippen molar-refractivity contribution in [3.8, 4) is 0 Å². The average molecular weight is 674 g/mol. The van der Waals surface area contributed by atoms with Crippen molar-refractivity contribution in [1.82, 2.24) is 10.2 Å². The van der Waals surface area contributed by atoms with Crippen molar-refractivity contribution in [1.29, 1.82) is 0 Å². The first-order valence-corrected chi connectivity index (χ1v) is 16.8. The number of likely N-dealkylation sites (tertiary alicyclic amines) is 1. The van der Waals surface area contributed by atoms with Crippen LogP contribution in [0.4, 0.5) is 10.5 Å². The summed E-state index contributed by atoms with van der Waals surface area (Å²) in [6.45, 7) is 6.90. The van der Waals surface area contributed by atoms with Crippen molar-refractivity contribution in [2.45, 2.75) is 89.2 Å². The highest BCUT2D eigenvalue weighted by Gasteiger charge is 2.39. The van der Waals surface area contributed by atoms with Gasteiger partial charge < -0.3 is 34.7 Å². The van der Waals surface area contributed by atoms with Gasteiger partial charge in [0.25, 0.3) is 0 Å². The second-order valence-electron chi connectivity index (χ2n) is 13.5. The first kappa shape index (κ1) is 36.0. The molecule has 11 heteroatoms. The van der Waals surface area contributed by atoms with Crippen molar-refractivity contribution in [3.63, 3.8) is 0 Å². The highest BCUT2D eigenvalue weighted by atomic mass is 16.7. The van der Waals surface area contributed by atoms with Crippen LogP contribution in [-0.4, -0.2) is 72.0 Å². The van der Waals surface area contributed by atoms with Crippen LogP contribution in [0, 0.1) is 0 Å². The molecular weight excluding hydrogens is 626 g/mol. The number of aliphatic hydroxyl groups excluding tert-OH is 1. The molecule has 2 fully saturated rings. The molecule has 49 heavy (non-hydrogen) atoms. The van der Waals surface area contributed by atoms with Crippen molar-refractivity contribution < 1.29 is 38.4 Å². The Morgan fingerprint density at radius 1 is 0.939 bits per heavy atom. The van der Waals surface area contributed by atoms with E-state index in [1.807, 2.05) is 87.5 Å². The minimum atomic E-state index is -0.860. The fourth-order valence-corrected chi connectivity index (χ4v) is 6.21. The lowest BCUT2D eigenvalue weighted by molar-refractivity contribution is -0.253. The Balaban J connectivity index is 1.27. The molecule has 0 unspecified atom stereocenters. The van der Waals surface area contributed by atoms with Gasteiger partial charge in [-0.15, -0.1) is 0 Å². The minimum Gasteiger partial charge on any atom is -0.467 e. The lowest BCUT2D eigenvalue weighted by Crippen LogP contribution is -2.45. The van der Waals surface area contributed by atoms with Crippen molar-refractivity contribution in [2.75, 3.05) is 25.5 Å². The summed E-state index contributed by atoms with van der Waals surface area (Å²) >= 11 is 0. The number of aliphatic hydroxyl groups is 1. The van der Waals surface area contributed by atoms with Gasteiger partial charge in [0.15, 0.2) is 6.29 Å². The lowest BCUT2D eigenvalue weighted by Gasteiger charge is -2.38. The number of carbonyl (C=O) groups excluding carboxylic acids is 3. The van der Waals surface area contributed by atoms with E-state index in [0.717, 1.165) is 41.6 Å². The summed E-state index contributed by atoms with van der Waals surface area (Å²) in [5.74, 6) is -0.753. The zero-order valence-electron chi connectivity index (χ0n) is 28.6.